The summed E-state index contributed by atoms with van der Waals surface area (Å²) in [6.45, 7) is 5.98. The first-order valence-electron chi connectivity index (χ1n) is 4.97. The van der Waals surface area contributed by atoms with Crippen LogP contribution in [0.15, 0.2) is 48.0 Å². The highest BCUT2D eigenvalue weighted by Gasteiger charge is 2.47. The lowest BCUT2D eigenvalue weighted by Crippen LogP contribution is -2.01. The van der Waals surface area contributed by atoms with Gasteiger partial charge < -0.3 is 0 Å². The first-order chi connectivity index (χ1) is 6.74. The van der Waals surface area contributed by atoms with E-state index in [-0.39, 0.29) is 5.54 Å². The van der Waals surface area contributed by atoms with Crippen LogP contribution >= 0.6 is 0 Å². The lowest BCUT2D eigenvalue weighted by atomic mass is 10.2. The average molecular weight is 185 g/mol. The summed E-state index contributed by atoms with van der Waals surface area (Å²) in [5.74, 6) is 0.572. The minimum atomic E-state index is 0.123. The van der Waals surface area contributed by atoms with E-state index in [0.29, 0.717) is 5.92 Å². The Balaban J connectivity index is 2.06. The number of benzene rings is 1. The molecule has 0 heterocycles. The molecule has 0 N–H and O–H groups in total. The molecule has 1 aliphatic rings. The fraction of sp³-hybridized carbons (Fsp3) is 0.308. The SMILES string of the molecule is C=CC1CC1(C)N=Cc1ccccc1. The molecule has 1 aromatic rings. The molecule has 0 amide bonds. The van der Waals surface area contributed by atoms with E-state index < -0.39 is 0 Å². The van der Waals surface area contributed by atoms with Crippen molar-refractivity contribution < 1.29 is 0 Å². The fourth-order valence-electron chi connectivity index (χ4n) is 1.63. The molecule has 1 aliphatic carbocycles. The summed E-state index contributed by atoms with van der Waals surface area (Å²) in [7, 11) is 0. The first kappa shape index (κ1) is 9.20. The largest absolute Gasteiger partial charge is 0.286 e. The predicted octanol–water partition coefficient (Wildman–Crippen LogP) is 3.07. The molecule has 72 valence electrons. The second-order valence-electron chi connectivity index (χ2n) is 4.07. The number of hydrogen-bond donors (Lipinski definition) is 0. The summed E-state index contributed by atoms with van der Waals surface area (Å²) in [6.07, 6.45) is 5.10. The third-order valence-corrected chi connectivity index (χ3v) is 2.86. The van der Waals surface area contributed by atoms with Crippen LogP contribution in [-0.4, -0.2) is 11.8 Å². The molecule has 1 aromatic carbocycles. The molecule has 1 heteroatoms. The van der Waals surface area contributed by atoms with Crippen molar-refractivity contribution in [1.29, 1.82) is 0 Å². The van der Waals surface area contributed by atoms with Crippen molar-refractivity contribution in [1.82, 2.24) is 0 Å². The van der Waals surface area contributed by atoms with Crippen molar-refractivity contribution in [3.8, 4) is 0 Å². The van der Waals surface area contributed by atoms with Gasteiger partial charge in [-0.25, -0.2) is 0 Å². The number of rotatable bonds is 3. The minimum absolute atomic E-state index is 0.123. The van der Waals surface area contributed by atoms with Crippen LogP contribution in [0.3, 0.4) is 0 Å². The maximum Gasteiger partial charge on any atom is 0.0649 e. The zero-order valence-corrected chi connectivity index (χ0v) is 8.48. The van der Waals surface area contributed by atoms with Crippen LogP contribution < -0.4 is 0 Å². The zero-order chi connectivity index (χ0) is 10.0. The summed E-state index contributed by atoms with van der Waals surface area (Å²) in [5, 5.41) is 0. The van der Waals surface area contributed by atoms with E-state index in [4.69, 9.17) is 0 Å². The van der Waals surface area contributed by atoms with Gasteiger partial charge in [0.1, 0.15) is 0 Å². The van der Waals surface area contributed by atoms with Gasteiger partial charge in [0.2, 0.25) is 0 Å². The Bertz CT molecular complexity index is 353. The van der Waals surface area contributed by atoms with Crippen molar-refractivity contribution in [2.75, 3.05) is 0 Å². The van der Waals surface area contributed by atoms with Gasteiger partial charge in [0.05, 0.1) is 5.54 Å². The second-order valence-corrected chi connectivity index (χ2v) is 4.07. The molecule has 0 saturated heterocycles. The Morgan fingerprint density at radius 1 is 1.43 bits per heavy atom. The lowest BCUT2D eigenvalue weighted by molar-refractivity contribution is 0.723. The van der Waals surface area contributed by atoms with E-state index in [0.717, 1.165) is 6.42 Å². The summed E-state index contributed by atoms with van der Waals surface area (Å²) < 4.78 is 0. The zero-order valence-electron chi connectivity index (χ0n) is 8.48. The van der Waals surface area contributed by atoms with Crippen molar-refractivity contribution in [2.24, 2.45) is 10.9 Å². The van der Waals surface area contributed by atoms with Crippen molar-refractivity contribution in [3.63, 3.8) is 0 Å². The minimum Gasteiger partial charge on any atom is -0.286 e. The Hall–Kier alpha value is -1.37. The monoisotopic (exact) mass is 185 g/mol. The van der Waals surface area contributed by atoms with Crippen molar-refractivity contribution in [3.05, 3.63) is 48.6 Å². The maximum absolute atomic E-state index is 4.59. The van der Waals surface area contributed by atoms with Gasteiger partial charge in [0.25, 0.3) is 0 Å². The standard InChI is InChI=1S/C13H15N/c1-3-12-9-13(12,2)14-10-11-7-5-4-6-8-11/h3-8,10,12H,1,9H2,2H3. The highest BCUT2D eigenvalue weighted by atomic mass is 14.9. The predicted molar refractivity (Wildman–Crippen MR) is 60.7 cm³/mol. The molecule has 2 unspecified atom stereocenters. The van der Waals surface area contributed by atoms with E-state index in [1.807, 2.05) is 30.5 Å². The number of hydrogen-bond acceptors (Lipinski definition) is 1. The van der Waals surface area contributed by atoms with Crippen LogP contribution in [0.25, 0.3) is 0 Å². The van der Waals surface area contributed by atoms with E-state index in [9.17, 15) is 0 Å². The van der Waals surface area contributed by atoms with Crippen LogP contribution in [0, 0.1) is 5.92 Å². The molecule has 1 fully saturated rings. The molecular formula is C13H15N. The topological polar surface area (TPSA) is 12.4 Å². The van der Waals surface area contributed by atoms with Gasteiger partial charge in [0, 0.05) is 12.1 Å². The molecular weight excluding hydrogens is 170 g/mol. The number of nitrogens with zero attached hydrogens (tertiary/aromatic N) is 1. The highest BCUT2D eigenvalue weighted by molar-refractivity contribution is 5.80. The molecule has 0 bridgehead atoms. The Labute approximate surface area is 85.2 Å². The van der Waals surface area contributed by atoms with Gasteiger partial charge in [-0.2, -0.15) is 0 Å². The Morgan fingerprint density at radius 2 is 2.14 bits per heavy atom. The summed E-state index contributed by atoms with van der Waals surface area (Å²) in [4.78, 5) is 4.59. The lowest BCUT2D eigenvalue weighted by Gasteiger charge is -2.01. The van der Waals surface area contributed by atoms with Crippen LogP contribution in [-0.2, 0) is 0 Å². The Kier molecular flexibility index (Phi) is 2.24. The van der Waals surface area contributed by atoms with E-state index in [2.05, 4.69) is 30.6 Å². The average Bonchev–Trinajstić information content (AvgIpc) is 2.89. The molecule has 1 nitrogen and oxygen atoms in total. The molecule has 0 radical (unpaired) electrons. The van der Waals surface area contributed by atoms with Gasteiger partial charge in [-0.3, -0.25) is 4.99 Å². The second kappa shape index (κ2) is 3.41. The van der Waals surface area contributed by atoms with Crippen LogP contribution in [0.1, 0.15) is 18.9 Å². The summed E-state index contributed by atoms with van der Waals surface area (Å²) >= 11 is 0. The fourth-order valence-corrected chi connectivity index (χ4v) is 1.63. The first-order valence-corrected chi connectivity index (χ1v) is 4.97. The smallest absolute Gasteiger partial charge is 0.0649 e. The van der Waals surface area contributed by atoms with E-state index in [1.165, 1.54) is 5.56 Å². The quantitative estimate of drug-likeness (QED) is 0.507. The molecule has 1 saturated carbocycles. The summed E-state index contributed by atoms with van der Waals surface area (Å²) in [6, 6.07) is 10.2. The van der Waals surface area contributed by atoms with Gasteiger partial charge in [-0.15, -0.1) is 6.58 Å². The van der Waals surface area contributed by atoms with Crippen molar-refractivity contribution >= 4 is 6.21 Å². The molecule has 2 atom stereocenters. The maximum atomic E-state index is 4.59. The highest BCUT2D eigenvalue weighted by Crippen LogP contribution is 2.47. The van der Waals surface area contributed by atoms with E-state index in [1.54, 1.807) is 0 Å². The third-order valence-electron chi connectivity index (χ3n) is 2.86. The van der Waals surface area contributed by atoms with Gasteiger partial charge in [-0.05, 0) is 18.9 Å². The van der Waals surface area contributed by atoms with Gasteiger partial charge in [0.15, 0.2) is 0 Å². The van der Waals surface area contributed by atoms with Crippen LogP contribution in [0.4, 0.5) is 0 Å². The molecule has 0 aliphatic heterocycles. The van der Waals surface area contributed by atoms with Crippen molar-refractivity contribution in [2.45, 2.75) is 18.9 Å². The molecule has 2 rings (SSSR count). The molecule has 0 aromatic heterocycles. The molecule has 0 spiro atoms. The summed E-state index contributed by atoms with van der Waals surface area (Å²) in [5.41, 5.74) is 1.29. The number of aliphatic imine (C=N–C) groups is 1. The normalized spacial score (nSPS) is 30.5. The third kappa shape index (κ3) is 1.77. The van der Waals surface area contributed by atoms with Gasteiger partial charge in [-0.1, -0.05) is 36.4 Å². The van der Waals surface area contributed by atoms with Gasteiger partial charge >= 0.3 is 0 Å². The van der Waals surface area contributed by atoms with Crippen LogP contribution in [0.5, 0.6) is 0 Å². The van der Waals surface area contributed by atoms with E-state index >= 15 is 0 Å². The molecule has 14 heavy (non-hydrogen) atoms. The Morgan fingerprint density at radius 3 is 2.71 bits per heavy atom. The van der Waals surface area contributed by atoms with Crippen LogP contribution in [0.2, 0.25) is 0 Å².